The zero-order valence-corrected chi connectivity index (χ0v) is 38.8. The second kappa shape index (κ2) is 13.8. The predicted octanol–water partition coefficient (Wildman–Crippen LogP) is 14.6. The average Bonchev–Trinajstić information content (AvgIpc) is 3.82. The molecular weight excluding hydrogens is 755 g/mol. The van der Waals surface area contributed by atoms with Crippen LogP contribution in [-0.4, -0.2) is 6.71 Å². The molecule has 6 aromatic carbocycles. The lowest BCUT2D eigenvalue weighted by atomic mass is 9.35. The summed E-state index contributed by atoms with van der Waals surface area (Å²) < 4.78 is 13.8. The predicted molar refractivity (Wildman–Crippen MR) is 265 cm³/mol. The molecule has 0 amide bonds. The Kier molecular flexibility index (Phi) is 8.93. The number of hydrogen-bond acceptors (Lipinski definition) is 4. The van der Waals surface area contributed by atoms with Crippen LogP contribution >= 0.6 is 0 Å². The molecule has 2 aliphatic heterocycles. The van der Waals surface area contributed by atoms with E-state index in [1.54, 1.807) is 0 Å². The zero-order valence-electron chi connectivity index (χ0n) is 38.8. The largest absolute Gasteiger partial charge is 0.468 e. The number of rotatable bonds is 4. The van der Waals surface area contributed by atoms with Crippen molar-refractivity contribution in [3.05, 3.63) is 149 Å². The van der Waals surface area contributed by atoms with Gasteiger partial charge in [0.15, 0.2) is 0 Å². The van der Waals surface area contributed by atoms with Crippen molar-refractivity contribution in [2.75, 3.05) is 9.80 Å². The van der Waals surface area contributed by atoms with Gasteiger partial charge in [-0.15, -0.1) is 0 Å². The Balaban J connectivity index is 1.31. The van der Waals surface area contributed by atoms with E-state index in [4.69, 9.17) is 8.83 Å². The number of para-hydroxylation sites is 1. The number of furan rings is 2. The van der Waals surface area contributed by atoms with E-state index >= 15 is 0 Å². The van der Waals surface area contributed by atoms with E-state index in [1.165, 1.54) is 67.1 Å². The summed E-state index contributed by atoms with van der Waals surface area (Å²) in [5, 5.41) is 2.25. The van der Waals surface area contributed by atoms with Crippen molar-refractivity contribution in [3.8, 4) is 11.3 Å². The topological polar surface area (TPSA) is 32.8 Å². The number of anilines is 6. The Morgan fingerprint density at radius 3 is 1.76 bits per heavy atom. The van der Waals surface area contributed by atoms with Crippen LogP contribution in [0.4, 0.5) is 34.1 Å². The van der Waals surface area contributed by atoms with Crippen molar-refractivity contribution in [1.82, 2.24) is 0 Å². The molecule has 0 saturated carbocycles. The van der Waals surface area contributed by atoms with Crippen LogP contribution in [0.2, 0.25) is 0 Å². The Bertz CT molecular complexity index is 3030. The summed E-state index contributed by atoms with van der Waals surface area (Å²) in [6.45, 7) is 29.7. The third-order valence-corrected chi connectivity index (χ3v) is 13.5. The average molecular weight is 815 g/mol. The van der Waals surface area contributed by atoms with Crippen molar-refractivity contribution in [2.24, 2.45) is 0 Å². The van der Waals surface area contributed by atoms with Gasteiger partial charge in [-0.1, -0.05) is 125 Å². The maximum atomic E-state index is 7.34. The molecule has 312 valence electrons. The highest BCUT2D eigenvalue weighted by Crippen LogP contribution is 2.50. The van der Waals surface area contributed by atoms with E-state index in [2.05, 4.69) is 203 Å². The molecule has 0 aliphatic carbocycles. The van der Waals surface area contributed by atoms with Crippen molar-refractivity contribution < 1.29 is 8.83 Å². The maximum absolute atomic E-state index is 7.34. The highest BCUT2D eigenvalue weighted by molar-refractivity contribution is 7.00. The van der Waals surface area contributed by atoms with Crippen molar-refractivity contribution in [2.45, 2.75) is 112 Å². The maximum Gasteiger partial charge on any atom is 0.297 e. The SMILES string of the molecule is Cc1cc(-c2cc3ccccc3o2)cc(C)c1N1c2cc(C(C)C)cc3c2B(c2cc(C(C)(C)C)ccc2N3c2ccc(C(C)(C)C)cc2)c2oc3ccc(C(C)(C)C)cc3c21. The highest BCUT2D eigenvalue weighted by atomic mass is 16.3. The second-order valence-corrected chi connectivity index (χ2v) is 21.4. The molecule has 4 nitrogen and oxygen atoms in total. The molecule has 62 heavy (non-hydrogen) atoms. The molecule has 0 saturated heterocycles. The molecule has 0 atom stereocenters. The van der Waals surface area contributed by atoms with E-state index in [1.807, 2.05) is 12.1 Å². The standard InChI is InChI=1S/C57H59BN2O2/c1-33(2)37-28-46-51-47(29-37)60(52-34(3)26-38(27-35(52)4)50-30-36-16-14-15-17-48(36)61-50)53-43-31-40(56(8,9)10)21-25-49(43)62-54(53)58(51)44-32-41(57(11,12)13)20-24-45(44)59(46)42-22-18-39(19-23-42)55(5,6)7/h14-33H,1-13H3. The van der Waals surface area contributed by atoms with Gasteiger partial charge in [0.05, 0.1) is 17.0 Å². The van der Waals surface area contributed by atoms with Gasteiger partial charge in [-0.2, -0.15) is 0 Å². The monoisotopic (exact) mass is 814 g/mol. The Morgan fingerprint density at radius 2 is 1.13 bits per heavy atom. The third kappa shape index (κ3) is 6.33. The van der Waals surface area contributed by atoms with Crippen LogP contribution in [0.25, 0.3) is 33.3 Å². The van der Waals surface area contributed by atoms with Crippen LogP contribution in [0.15, 0.2) is 124 Å². The first kappa shape index (κ1) is 40.2. The molecule has 5 heteroatoms. The van der Waals surface area contributed by atoms with Gasteiger partial charge in [0.25, 0.3) is 6.71 Å². The molecule has 4 heterocycles. The Labute approximate surface area is 368 Å². The molecule has 8 aromatic rings. The molecule has 2 aliphatic rings. The first-order chi connectivity index (χ1) is 29.3. The highest BCUT2D eigenvalue weighted by Gasteiger charge is 2.48. The fraction of sp³-hybridized carbons (Fsp3) is 0.298. The van der Waals surface area contributed by atoms with Crippen LogP contribution in [-0.2, 0) is 16.2 Å². The Hall–Kier alpha value is -5.94. The van der Waals surface area contributed by atoms with Crippen molar-refractivity contribution in [3.63, 3.8) is 0 Å². The first-order valence-corrected chi connectivity index (χ1v) is 22.5. The van der Waals surface area contributed by atoms with Crippen LogP contribution in [0.5, 0.6) is 0 Å². The summed E-state index contributed by atoms with van der Waals surface area (Å²) in [5.74, 6) is 1.17. The minimum absolute atomic E-state index is 0.0441. The summed E-state index contributed by atoms with van der Waals surface area (Å²) in [6.07, 6.45) is 0. The number of benzene rings is 6. The molecule has 10 rings (SSSR count). The second-order valence-electron chi connectivity index (χ2n) is 21.4. The third-order valence-electron chi connectivity index (χ3n) is 13.5. The van der Waals surface area contributed by atoms with Gasteiger partial charge < -0.3 is 18.6 Å². The number of fused-ring (bicyclic) bond motifs is 7. The van der Waals surface area contributed by atoms with E-state index in [9.17, 15) is 0 Å². The molecule has 2 aromatic heterocycles. The molecule has 0 radical (unpaired) electrons. The summed E-state index contributed by atoms with van der Waals surface area (Å²) >= 11 is 0. The van der Waals surface area contributed by atoms with Crippen molar-refractivity contribution >= 4 is 79.4 Å². The quantitative estimate of drug-likeness (QED) is 0.166. The molecular formula is C57H59BN2O2. The molecule has 0 bridgehead atoms. The van der Waals surface area contributed by atoms with Gasteiger partial charge in [-0.3, -0.25) is 0 Å². The normalized spacial score (nSPS) is 13.9. The van der Waals surface area contributed by atoms with Gasteiger partial charge >= 0.3 is 0 Å². The minimum Gasteiger partial charge on any atom is -0.468 e. The lowest BCUT2D eigenvalue weighted by Crippen LogP contribution is -2.61. The van der Waals surface area contributed by atoms with Gasteiger partial charge in [-0.25, -0.2) is 0 Å². The minimum atomic E-state index is -0.129. The Morgan fingerprint density at radius 1 is 0.532 bits per heavy atom. The summed E-state index contributed by atoms with van der Waals surface area (Å²) in [4.78, 5) is 5.10. The van der Waals surface area contributed by atoms with E-state index in [0.717, 1.165) is 50.3 Å². The fourth-order valence-corrected chi connectivity index (χ4v) is 9.97. The summed E-state index contributed by atoms with van der Waals surface area (Å²) in [6, 6.07) is 43.3. The van der Waals surface area contributed by atoms with Crippen molar-refractivity contribution in [1.29, 1.82) is 0 Å². The van der Waals surface area contributed by atoms with E-state index < -0.39 is 0 Å². The van der Waals surface area contributed by atoms with Gasteiger partial charge in [-0.05, 0) is 147 Å². The smallest absolute Gasteiger partial charge is 0.297 e. The number of aryl methyl sites for hydroxylation is 2. The summed E-state index contributed by atoms with van der Waals surface area (Å²) in [5.41, 5.74) is 21.0. The first-order valence-electron chi connectivity index (χ1n) is 22.5. The number of nitrogens with zero attached hydrogens (tertiary/aromatic N) is 2. The fourth-order valence-electron chi connectivity index (χ4n) is 9.97. The van der Waals surface area contributed by atoms with Gasteiger partial charge in [0.2, 0.25) is 0 Å². The molecule has 0 N–H and O–H groups in total. The molecule has 0 fully saturated rings. The van der Waals surface area contributed by atoms with E-state index in [0.29, 0.717) is 5.92 Å². The zero-order chi connectivity index (χ0) is 43.8. The van der Waals surface area contributed by atoms with Gasteiger partial charge in [0, 0.05) is 39.1 Å². The van der Waals surface area contributed by atoms with Crippen LogP contribution in [0.1, 0.15) is 115 Å². The lowest BCUT2D eigenvalue weighted by Gasteiger charge is -2.44. The van der Waals surface area contributed by atoms with Gasteiger partial charge in [0.1, 0.15) is 16.9 Å². The summed E-state index contributed by atoms with van der Waals surface area (Å²) in [7, 11) is 0. The molecule has 0 spiro atoms. The van der Waals surface area contributed by atoms with Crippen LogP contribution in [0.3, 0.4) is 0 Å². The van der Waals surface area contributed by atoms with Crippen LogP contribution < -0.4 is 26.4 Å². The molecule has 0 unspecified atom stereocenters. The van der Waals surface area contributed by atoms with E-state index in [-0.39, 0.29) is 23.0 Å². The number of hydrogen-bond donors (Lipinski definition) is 0. The van der Waals surface area contributed by atoms with Crippen LogP contribution in [0, 0.1) is 13.8 Å². The lowest BCUT2D eigenvalue weighted by molar-refractivity contribution is 0.590.